The minimum Gasteiger partial charge on any atom is -0.398 e. The number of H-pyrrole nitrogens is 1. The lowest BCUT2D eigenvalue weighted by atomic mass is 10.0. The summed E-state index contributed by atoms with van der Waals surface area (Å²) in [6, 6.07) is 6.09. The number of nitrogens with two attached hydrogens (primary N) is 1. The van der Waals surface area contributed by atoms with Crippen molar-refractivity contribution < 1.29 is 0 Å². The Bertz CT molecular complexity index is 451. The molecule has 4 heteroatoms. The van der Waals surface area contributed by atoms with Crippen molar-refractivity contribution in [1.29, 1.82) is 0 Å². The average Bonchev–Trinajstić information content (AvgIpc) is 2.79. The van der Waals surface area contributed by atoms with Crippen LogP contribution in [0.1, 0.15) is 18.1 Å². The molecule has 1 aromatic heterocycles. The van der Waals surface area contributed by atoms with Crippen molar-refractivity contribution in [2.24, 2.45) is 0 Å². The molecule has 3 nitrogen and oxygen atoms in total. The highest BCUT2D eigenvalue weighted by atomic mass is 32.2. The number of aromatic amines is 1. The van der Waals surface area contributed by atoms with Crippen molar-refractivity contribution >= 4 is 17.4 Å². The summed E-state index contributed by atoms with van der Waals surface area (Å²) in [5.74, 6) is 0.904. The monoisotopic (exact) mass is 233 g/mol. The van der Waals surface area contributed by atoms with Crippen LogP contribution in [0.3, 0.4) is 0 Å². The van der Waals surface area contributed by atoms with Gasteiger partial charge in [-0.3, -0.25) is 0 Å². The van der Waals surface area contributed by atoms with Crippen LogP contribution in [0.4, 0.5) is 5.69 Å². The minimum atomic E-state index is 0.889. The third-order valence-corrected chi connectivity index (χ3v) is 3.45. The standard InChI is InChI=1S/C12H15N3S/c1-2-10-9(4-3-5-11(10)13)8-16-12-14-6-7-15-12/h3-7H,2,8,13H2,1H3,(H,14,15). The zero-order valence-electron chi connectivity index (χ0n) is 9.23. The van der Waals surface area contributed by atoms with Crippen molar-refractivity contribution in [2.75, 3.05) is 5.73 Å². The van der Waals surface area contributed by atoms with Gasteiger partial charge in [-0.1, -0.05) is 30.8 Å². The summed E-state index contributed by atoms with van der Waals surface area (Å²) in [6.07, 6.45) is 4.57. The maximum absolute atomic E-state index is 5.95. The Kier molecular flexibility index (Phi) is 3.51. The summed E-state index contributed by atoms with van der Waals surface area (Å²) in [4.78, 5) is 7.27. The van der Waals surface area contributed by atoms with E-state index >= 15 is 0 Å². The van der Waals surface area contributed by atoms with Crippen LogP contribution in [0.5, 0.6) is 0 Å². The number of imidazole rings is 1. The van der Waals surface area contributed by atoms with E-state index in [1.807, 2.05) is 18.3 Å². The largest absolute Gasteiger partial charge is 0.398 e. The van der Waals surface area contributed by atoms with E-state index in [2.05, 4.69) is 23.0 Å². The first-order chi connectivity index (χ1) is 7.81. The third-order valence-electron chi connectivity index (χ3n) is 2.50. The van der Waals surface area contributed by atoms with Crippen LogP contribution in [-0.4, -0.2) is 9.97 Å². The Balaban J connectivity index is 2.12. The molecule has 0 unspecified atom stereocenters. The van der Waals surface area contributed by atoms with Gasteiger partial charge in [-0.2, -0.15) is 0 Å². The maximum Gasteiger partial charge on any atom is 0.165 e. The molecule has 0 saturated carbocycles. The van der Waals surface area contributed by atoms with Gasteiger partial charge >= 0.3 is 0 Å². The van der Waals surface area contributed by atoms with Crippen LogP contribution in [0.25, 0.3) is 0 Å². The topological polar surface area (TPSA) is 54.7 Å². The van der Waals surface area contributed by atoms with Crippen molar-refractivity contribution in [3.05, 3.63) is 41.7 Å². The Morgan fingerprint density at radius 3 is 3.00 bits per heavy atom. The Labute approximate surface area is 99.5 Å². The predicted octanol–water partition coefficient (Wildman–Crippen LogP) is 2.85. The molecule has 0 aliphatic carbocycles. The van der Waals surface area contributed by atoms with Gasteiger partial charge in [-0.15, -0.1) is 0 Å². The number of rotatable bonds is 4. The number of hydrogen-bond acceptors (Lipinski definition) is 3. The molecule has 1 heterocycles. The zero-order chi connectivity index (χ0) is 11.4. The first-order valence-electron chi connectivity index (χ1n) is 5.29. The molecule has 0 aliphatic rings. The van der Waals surface area contributed by atoms with Gasteiger partial charge in [-0.05, 0) is 23.6 Å². The Morgan fingerprint density at radius 2 is 2.31 bits per heavy atom. The molecule has 3 N–H and O–H groups in total. The molecular weight excluding hydrogens is 218 g/mol. The second-order valence-corrected chi connectivity index (χ2v) is 4.49. The molecule has 1 aromatic carbocycles. The SMILES string of the molecule is CCc1c(N)cccc1CSc1ncc[nH]1. The number of thioether (sulfide) groups is 1. The van der Waals surface area contributed by atoms with Crippen LogP contribution < -0.4 is 5.73 Å². The highest BCUT2D eigenvalue weighted by Crippen LogP contribution is 2.24. The lowest BCUT2D eigenvalue weighted by molar-refractivity contribution is 1.05. The Morgan fingerprint density at radius 1 is 1.44 bits per heavy atom. The number of aromatic nitrogens is 2. The molecule has 0 aliphatic heterocycles. The van der Waals surface area contributed by atoms with Crippen LogP contribution in [0, 0.1) is 0 Å². The van der Waals surface area contributed by atoms with Crippen molar-refractivity contribution in [3.8, 4) is 0 Å². The number of nitrogen functional groups attached to an aromatic ring is 1. The van der Waals surface area contributed by atoms with Gasteiger partial charge in [0.1, 0.15) is 0 Å². The summed E-state index contributed by atoms with van der Waals surface area (Å²) in [5.41, 5.74) is 9.38. The van der Waals surface area contributed by atoms with E-state index < -0.39 is 0 Å². The van der Waals surface area contributed by atoms with Gasteiger partial charge in [0, 0.05) is 23.8 Å². The van der Waals surface area contributed by atoms with E-state index in [1.54, 1.807) is 18.0 Å². The molecule has 84 valence electrons. The molecular formula is C12H15N3S. The molecule has 16 heavy (non-hydrogen) atoms. The van der Waals surface area contributed by atoms with Crippen molar-refractivity contribution in [3.63, 3.8) is 0 Å². The average molecular weight is 233 g/mol. The molecule has 0 fully saturated rings. The van der Waals surface area contributed by atoms with Crippen LogP contribution in [0.15, 0.2) is 35.7 Å². The van der Waals surface area contributed by atoms with E-state index in [0.717, 1.165) is 23.0 Å². The molecule has 0 bridgehead atoms. The third kappa shape index (κ3) is 2.39. The fourth-order valence-electron chi connectivity index (χ4n) is 1.70. The number of hydrogen-bond donors (Lipinski definition) is 2. The highest BCUT2D eigenvalue weighted by Gasteiger charge is 2.05. The molecule has 0 spiro atoms. The summed E-state index contributed by atoms with van der Waals surface area (Å²) in [6.45, 7) is 2.13. The predicted molar refractivity (Wildman–Crippen MR) is 68.4 cm³/mol. The quantitative estimate of drug-likeness (QED) is 0.630. The van der Waals surface area contributed by atoms with Gasteiger partial charge < -0.3 is 10.7 Å². The van der Waals surface area contributed by atoms with Crippen LogP contribution in [-0.2, 0) is 12.2 Å². The van der Waals surface area contributed by atoms with Gasteiger partial charge in [0.15, 0.2) is 5.16 Å². The highest BCUT2D eigenvalue weighted by molar-refractivity contribution is 7.98. The van der Waals surface area contributed by atoms with Crippen LogP contribution >= 0.6 is 11.8 Å². The number of benzene rings is 1. The molecule has 0 atom stereocenters. The lowest BCUT2D eigenvalue weighted by Gasteiger charge is -2.09. The maximum atomic E-state index is 5.95. The normalized spacial score (nSPS) is 10.6. The number of nitrogens with one attached hydrogen (secondary N) is 1. The van der Waals surface area contributed by atoms with E-state index in [-0.39, 0.29) is 0 Å². The van der Waals surface area contributed by atoms with Crippen molar-refractivity contribution in [1.82, 2.24) is 9.97 Å². The number of nitrogens with zero attached hydrogens (tertiary/aromatic N) is 1. The summed E-state index contributed by atoms with van der Waals surface area (Å²) in [5, 5.41) is 0.949. The zero-order valence-corrected chi connectivity index (χ0v) is 10.1. The molecule has 0 radical (unpaired) electrons. The van der Waals surface area contributed by atoms with E-state index in [0.29, 0.717) is 0 Å². The second kappa shape index (κ2) is 5.07. The molecule has 0 amide bonds. The van der Waals surface area contributed by atoms with Gasteiger partial charge in [0.2, 0.25) is 0 Å². The second-order valence-electron chi connectivity index (χ2n) is 3.52. The summed E-state index contributed by atoms with van der Waals surface area (Å²) >= 11 is 1.70. The van der Waals surface area contributed by atoms with E-state index in [9.17, 15) is 0 Å². The Hall–Kier alpha value is -1.42. The minimum absolute atomic E-state index is 0.889. The summed E-state index contributed by atoms with van der Waals surface area (Å²) < 4.78 is 0. The van der Waals surface area contributed by atoms with Gasteiger partial charge in [0.05, 0.1) is 0 Å². The first kappa shape index (κ1) is 11.1. The molecule has 0 saturated heterocycles. The molecule has 2 rings (SSSR count). The van der Waals surface area contributed by atoms with Crippen LogP contribution in [0.2, 0.25) is 0 Å². The number of anilines is 1. The van der Waals surface area contributed by atoms with Crippen molar-refractivity contribution in [2.45, 2.75) is 24.3 Å². The van der Waals surface area contributed by atoms with E-state index in [1.165, 1.54) is 11.1 Å². The fourth-order valence-corrected chi connectivity index (χ4v) is 2.55. The lowest BCUT2D eigenvalue weighted by Crippen LogP contribution is -1.97. The molecule has 2 aromatic rings. The smallest absolute Gasteiger partial charge is 0.165 e. The fraction of sp³-hybridized carbons (Fsp3) is 0.250. The first-order valence-corrected chi connectivity index (χ1v) is 6.28. The summed E-state index contributed by atoms with van der Waals surface area (Å²) in [7, 11) is 0. The van der Waals surface area contributed by atoms with E-state index in [4.69, 9.17) is 5.73 Å². The van der Waals surface area contributed by atoms with Gasteiger partial charge in [0.25, 0.3) is 0 Å². The van der Waals surface area contributed by atoms with Gasteiger partial charge in [-0.25, -0.2) is 4.98 Å².